The molecule has 186 valence electrons. The molecule has 0 atom stereocenters. The first-order valence-electron chi connectivity index (χ1n) is 12.3. The van der Waals surface area contributed by atoms with E-state index in [4.69, 9.17) is 9.40 Å². The summed E-state index contributed by atoms with van der Waals surface area (Å²) in [6.45, 7) is 16.5. The second-order valence-corrected chi connectivity index (χ2v) is 10.6. The molecule has 0 aliphatic carbocycles. The highest BCUT2D eigenvalue weighted by atomic mass is 32.2. The topological polar surface area (TPSA) is 45.1 Å². The van der Waals surface area contributed by atoms with E-state index in [1.54, 1.807) is 11.8 Å². The van der Waals surface area contributed by atoms with Gasteiger partial charge >= 0.3 is 0 Å². The Morgan fingerprint density at radius 2 is 1.86 bits per heavy atom. The van der Waals surface area contributed by atoms with E-state index in [1.807, 2.05) is 37.1 Å². The smallest absolute Gasteiger partial charge is 0.137 e. The van der Waals surface area contributed by atoms with Crippen LogP contribution in [0.15, 0.2) is 82.2 Å². The van der Waals surface area contributed by atoms with Gasteiger partial charge in [-0.3, -0.25) is 0 Å². The Morgan fingerprint density at radius 1 is 1.11 bits per heavy atom. The minimum atomic E-state index is 0.869. The lowest BCUT2D eigenvalue weighted by Gasteiger charge is -2.17. The second kappa shape index (κ2) is 11.1. The molecule has 0 fully saturated rings. The molecule has 0 bridgehead atoms. The molecule has 5 heteroatoms. The van der Waals surface area contributed by atoms with E-state index < -0.39 is 0 Å². The number of rotatable bonds is 10. The van der Waals surface area contributed by atoms with Crippen LogP contribution in [0.2, 0.25) is 0 Å². The van der Waals surface area contributed by atoms with E-state index in [0.717, 1.165) is 68.9 Å². The molecule has 0 saturated carbocycles. The highest BCUT2D eigenvalue weighted by Crippen LogP contribution is 2.31. The first kappa shape index (κ1) is 25.6. The lowest BCUT2D eigenvalue weighted by atomic mass is 9.99. The maximum absolute atomic E-state index is 6.34. The van der Waals surface area contributed by atoms with Gasteiger partial charge in [-0.15, -0.1) is 0 Å². The summed E-state index contributed by atoms with van der Waals surface area (Å²) in [4.78, 5) is 11.4. The highest BCUT2D eigenvalue weighted by Gasteiger charge is 2.14. The molecule has 2 aromatic carbocycles. The predicted molar refractivity (Wildman–Crippen MR) is 155 cm³/mol. The van der Waals surface area contributed by atoms with Gasteiger partial charge in [0.1, 0.15) is 17.2 Å². The normalized spacial score (nSPS) is 11.8. The number of imidazole rings is 1. The Bertz CT molecular complexity index is 1430. The van der Waals surface area contributed by atoms with Crippen LogP contribution in [0.1, 0.15) is 49.0 Å². The summed E-state index contributed by atoms with van der Waals surface area (Å²) in [7, 11) is 2.00. The van der Waals surface area contributed by atoms with Crippen molar-refractivity contribution in [2.75, 3.05) is 7.05 Å². The van der Waals surface area contributed by atoms with Crippen molar-refractivity contribution >= 4 is 28.3 Å². The second-order valence-electron chi connectivity index (χ2n) is 9.27. The van der Waals surface area contributed by atoms with Gasteiger partial charge in [-0.05, 0) is 68.2 Å². The number of allylic oxidation sites excluding steroid dienone is 2. The molecule has 0 aliphatic rings. The van der Waals surface area contributed by atoms with Gasteiger partial charge in [-0.1, -0.05) is 68.2 Å². The van der Waals surface area contributed by atoms with Crippen molar-refractivity contribution in [1.82, 2.24) is 14.9 Å². The van der Waals surface area contributed by atoms with Gasteiger partial charge in [0.05, 0.1) is 10.7 Å². The Balaban J connectivity index is 1.59. The fourth-order valence-corrected chi connectivity index (χ4v) is 4.90. The average Bonchev–Trinajstić information content (AvgIpc) is 3.46. The molecule has 2 heterocycles. The van der Waals surface area contributed by atoms with Gasteiger partial charge in [0, 0.05) is 35.5 Å². The summed E-state index contributed by atoms with van der Waals surface area (Å²) in [6.07, 6.45) is 4.80. The highest BCUT2D eigenvalue weighted by molar-refractivity contribution is 8.06. The van der Waals surface area contributed by atoms with E-state index in [2.05, 4.69) is 75.4 Å². The Morgan fingerprint density at radius 3 is 2.56 bits per heavy atom. The zero-order valence-electron chi connectivity index (χ0n) is 21.9. The van der Waals surface area contributed by atoms with Gasteiger partial charge in [0.2, 0.25) is 0 Å². The molecule has 4 aromatic rings. The van der Waals surface area contributed by atoms with Gasteiger partial charge in [-0.2, -0.15) is 0 Å². The molecule has 0 unspecified atom stereocenters. The first-order chi connectivity index (χ1) is 17.2. The molecular weight excluding hydrogens is 462 g/mol. The monoisotopic (exact) mass is 497 g/mol. The van der Waals surface area contributed by atoms with Gasteiger partial charge < -0.3 is 14.3 Å². The standard InChI is InChI=1S/C31H35N3OS/c1-8-24-16-26(14-15-28-22(5)32-31(33-28)25-12-10-9-11-13-25)27-18-29(35-30(27)17-24)21(4)19-34(7)23(6)36-20(2)3/h9-13,16-19H,2,6,8,14-15H2,1,3-5,7H3,(H,32,33)/b21-19+. The molecule has 2 aromatic heterocycles. The largest absolute Gasteiger partial charge is 0.456 e. The van der Waals surface area contributed by atoms with E-state index in [1.165, 1.54) is 16.5 Å². The number of furan rings is 1. The minimum Gasteiger partial charge on any atom is -0.456 e. The van der Waals surface area contributed by atoms with Crippen molar-refractivity contribution in [3.05, 3.63) is 106 Å². The zero-order valence-corrected chi connectivity index (χ0v) is 22.8. The van der Waals surface area contributed by atoms with Crippen LogP contribution < -0.4 is 0 Å². The summed E-state index contributed by atoms with van der Waals surface area (Å²) in [6, 6.07) is 16.9. The molecule has 36 heavy (non-hydrogen) atoms. The maximum Gasteiger partial charge on any atom is 0.137 e. The Labute approximate surface area is 218 Å². The van der Waals surface area contributed by atoms with Gasteiger partial charge in [0.15, 0.2) is 0 Å². The average molecular weight is 498 g/mol. The number of hydrogen-bond donors (Lipinski definition) is 1. The van der Waals surface area contributed by atoms with Crippen molar-refractivity contribution in [3.63, 3.8) is 0 Å². The molecule has 0 spiro atoms. The van der Waals surface area contributed by atoms with Gasteiger partial charge in [-0.25, -0.2) is 4.98 Å². The van der Waals surface area contributed by atoms with Crippen LogP contribution in [0.4, 0.5) is 0 Å². The van der Waals surface area contributed by atoms with Crippen LogP contribution in [0.5, 0.6) is 0 Å². The van der Waals surface area contributed by atoms with Crippen LogP contribution in [-0.2, 0) is 19.3 Å². The third-order valence-corrected chi connectivity index (χ3v) is 7.19. The van der Waals surface area contributed by atoms with Crippen molar-refractivity contribution in [2.45, 2.75) is 47.0 Å². The van der Waals surface area contributed by atoms with Crippen LogP contribution in [0.25, 0.3) is 27.9 Å². The number of nitrogens with zero attached hydrogens (tertiary/aromatic N) is 2. The molecular formula is C31H35N3OS. The van der Waals surface area contributed by atoms with Crippen LogP contribution >= 0.6 is 11.8 Å². The van der Waals surface area contributed by atoms with Gasteiger partial charge in [0.25, 0.3) is 0 Å². The first-order valence-corrected chi connectivity index (χ1v) is 13.2. The number of aromatic amines is 1. The van der Waals surface area contributed by atoms with Crippen molar-refractivity contribution < 1.29 is 4.42 Å². The van der Waals surface area contributed by atoms with Crippen LogP contribution in [-0.4, -0.2) is 21.9 Å². The fraction of sp³-hybridized carbons (Fsp3) is 0.258. The molecule has 0 saturated heterocycles. The number of benzene rings is 2. The summed E-state index contributed by atoms with van der Waals surface area (Å²) in [5.74, 6) is 1.80. The third kappa shape index (κ3) is 5.85. The lowest BCUT2D eigenvalue weighted by molar-refractivity contribution is 0.585. The summed E-state index contributed by atoms with van der Waals surface area (Å²) >= 11 is 1.57. The quantitative estimate of drug-likeness (QED) is 0.238. The summed E-state index contributed by atoms with van der Waals surface area (Å²) < 4.78 is 6.34. The molecule has 1 N–H and O–H groups in total. The molecule has 4 nitrogen and oxygen atoms in total. The van der Waals surface area contributed by atoms with Crippen molar-refractivity contribution in [2.24, 2.45) is 0 Å². The molecule has 0 aliphatic heterocycles. The van der Waals surface area contributed by atoms with Crippen molar-refractivity contribution in [1.29, 1.82) is 0 Å². The van der Waals surface area contributed by atoms with E-state index in [0.29, 0.717) is 0 Å². The number of aromatic nitrogens is 2. The Kier molecular flexibility index (Phi) is 7.90. The van der Waals surface area contributed by atoms with E-state index in [-0.39, 0.29) is 0 Å². The predicted octanol–water partition coefficient (Wildman–Crippen LogP) is 8.51. The number of nitrogens with one attached hydrogen (secondary N) is 1. The zero-order chi connectivity index (χ0) is 25.8. The molecule has 4 rings (SSSR count). The van der Waals surface area contributed by atoms with E-state index >= 15 is 0 Å². The number of aryl methyl sites for hydroxylation is 4. The van der Waals surface area contributed by atoms with Crippen LogP contribution in [0, 0.1) is 6.92 Å². The SMILES string of the molecule is C=C(C)SC(=C)N(C)/C=C(\C)c1cc2c(CCc3nc(-c4ccccc4)[nH]c3C)cc(CC)cc2o1. The molecule has 0 amide bonds. The molecule has 0 radical (unpaired) electrons. The number of fused-ring (bicyclic) bond motifs is 1. The Hall–Kier alpha value is -3.44. The fourth-order valence-electron chi connectivity index (χ4n) is 4.31. The summed E-state index contributed by atoms with van der Waals surface area (Å²) in [5.41, 5.74) is 7.92. The third-order valence-electron chi connectivity index (χ3n) is 6.32. The lowest BCUT2D eigenvalue weighted by Crippen LogP contribution is -2.07. The van der Waals surface area contributed by atoms with E-state index in [9.17, 15) is 0 Å². The van der Waals surface area contributed by atoms with Crippen LogP contribution in [0.3, 0.4) is 0 Å². The summed E-state index contributed by atoms with van der Waals surface area (Å²) in [5, 5.41) is 2.10. The number of thioether (sulfide) groups is 1. The minimum absolute atomic E-state index is 0.869. The van der Waals surface area contributed by atoms with Crippen molar-refractivity contribution in [3.8, 4) is 11.4 Å². The number of hydrogen-bond acceptors (Lipinski definition) is 4. The maximum atomic E-state index is 6.34. The number of H-pyrrole nitrogens is 1.